The summed E-state index contributed by atoms with van der Waals surface area (Å²) in [6.07, 6.45) is 3.47. The molecular formula is C29H27F3N4O2. The molecule has 196 valence electrons. The van der Waals surface area contributed by atoms with Crippen molar-refractivity contribution in [2.24, 2.45) is 0 Å². The second kappa shape index (κ2) is 12.4. The van der Waals surface area contributed by atoms with Crippen molar-refractivity contribution in [3.63, 3.8) is 0 Å². The number of Topliss-reactive ketones (excluding diaryl/α,β-unsaturated/α-hetero) is 1. The van der Waals surface area contributed by atoms with Gasteiger partial charge in [-0.2, -0.15) is 0 Å². The number of piperidine rings is 1. The summed E-state index contributed by atoms with van der Waals surface area (Å²) in [4.78, 5) is 31.3. The highest BCUT2D eigenvalue weighted by molar-refractivity contribution is 6.01. The summed E-state index contributed by atoms with van der Waals surface area (Å²) in [5.74, 6) is 2.52. The van der Waals surface area contributed by atoms with Crippen LogP contribution >= 0.6 is 0 Å². The SMILES string of the molecule is O=C(NCCc1cccnc1)Nc1ccc(C(=O)CN2CCC(F)(F)CC2)c(C#Cc2ccc(F)cc2)c1. The molecule has 2 N–H and O–H groups in total. The molecule has 0 radical (unpaired) electrons. The Bertz CT molecular complexity index is 1330. The Hall–Kier alpha value is -4.16. The van der Waals surface area contributed by atoms with Gasteiger partial charge in [0.05, 0.1) is 6.54 Å². The number of urea groups is 1. The van der Waals surface area contributed by atoms with Crippen LogP contribution in [0.2, 0.25) is 0 Å². The number of alkyl halides is 2. The summed E-state index contributed by atoms with van der Waals surface area (Å²) in [5, 5.41) is 5.52. The number of halogens is 3. The third-order valence-corrected chi connectivity index (χ3v) is 6.14. The second-order valence-electron chi connectivity index (χ2n) is 9.06. The molecular weight excluding hydrogens is 493 g/mol. The van der Waals surface area contributed by atoms with Crippen molar-refractivity contribution in [1.29, 1.82) is 0 Å². The molecule has 0 bridgehead atoms. The molecule has 1 aromatic heterocycles. The summed E-state index contributed by atoms with van der Waals surface area (Å²) in [6, 6.07) is 13.7. The molecule has 1 saturated heterocycles. The van der Waals surface area contributed by atoms with Crippen molar-refractivity contribution in [2.45, 2.75) is 25.2 Å². The van der Waals surface area contributed by atoms with E-state index < -0.39 is 12.0 Å². The smallest absolute Gasteiger partial charge is 0.319 e. The Morgan fingerprint density at radius 2 is 1.79 bits per heavy atom. The number of carbonyl (C=O) groups is 2. The lowest BCUT2D eigenvalue weighted by molar-refractivity contribution is -0.0536. The summed E-state index contributed by atoms with van der Waals surface area (Å²) in [6.45, 7) is 0.658. The summed E-state index contributed by atoms with van der Waals surface area (Å²) >= 11 is 0. The van der Waals surface area contributed by atoms with Gasteiger partial charge in [0.2, 0.25) is 0 Å². The van der Waals surface area contributed by atoms with Crippen molar-refractivity contribution >= 4 is 17.5 Å². The van der Waals surface area contributed by atoms with E-state index in [1.807, 2.05) is 12.1 Å². The van der Waals surface area contributed by atoms with E-state index >= 15 is 0 Å². The van der Waals surface area contributed by atoms with E-state index in [-0.39, 0.29) is 44.1 Å². The summed E-state index contributed by atoms with van der Waals surface area (Å²) in [7, 11) is 0. The number of likely N-dealkylation sites (tertiary alicyclic amines) is 1. The molecule has 9 heteroatoms. The number of pyridine rings is 1. The van der Waals surface area contributed by atoms with Crippen LogP contribution in [0.15, 0.2) is 67.0 Å². The highest BCUT2D eigenvalue weighted by atomic mass is 19.3. The van der Waals surface area contributed by atoms with Crippen molar-refractivity contribution in [1.82, 2.24) is 15.2 Å². The number of aromatic nitrogens is 1. The van der Waals surface area contributed by atoms with E-state index in [4.69, 9.17) is 0 Å². The Labute approximate surface area is 219 Å². The van der Waals surface area contributed by atoms with Gasteiger partial charge < -0.3 is 10.6 Å². The second-order valence-corrected chi connectivity index (χ2v) is 9.06. The molecule has 4 rings (SSSR count). The number of ketones is 1. The van der Waals surface area contributed by atoms with Gasteiger partial charge in [-0.25, -0.2) is 18.0 Å². The van der Waals surface area contributed by atoms with Crippen LogP contribution in [0.1, 0.15) is 39.9 Å². The van der Waals surface area contributed by atoms with Gasteiger partial charge in [-0.05, 0) is 60.5 Å². The van der Waals surface area contributed by atoms with Gasteiger partial charge in [0.15, 0.2) is 5.78 Å². The molecule has 38 heavy (non-hydrogen) atoms. The van der Waals surface area contributed by atoms with Gasteiger partial charge in [-0.15, -0.1) is 0 Å². The number of carbonyl (C=O) groups excluding carboxylic acids is 2. The third kappa shape index (κ3) is 7.92. The Kier molecular flexibility index (Phi) is 8.77. The van der Waals surface area contributed by atoms with Crippen LogP contribution in [0, 0.1) is 17.7 Å². The minimum absolute atomic E-state index is 0.0110. The molecule has 0 unspecified atom stereocenters. The van der Waals surface area contributed by atoms with Gasteiger partial charge in [-0.1, -0.05) is 17.9 Å². The molecule has 0 saturated carbocycles. The predicted octanol–water partition coefficient (Wildman–Crippen LogP) is 4.90. The maximum Gasteiger partial charge on any atom is 0.319 e. The zero-order valence-corrected chi connectivity index (χ0v) is 20.6. The lowest BCUT2D eigenvalue weighted by Gasteiger charge is -2.31. The highest BCUT2D eigenvalue weighted by Crippen LogP contribution is 2.28. The maximum atomic E-state index is 13.5. The normalized spacial score (nSPS) is 14.7. The average Bonchev–Trinajstić information content (AvgIpc) is 2.90. The van der Waals surface area contributed by atoms with Crippen LogP contribution in [-0.4, -0.2) is 53.8 Å². The molecule has 1 fully saturated rings. The van der Waals surface area contributed by atoms with Crippen LogP contribution < -0.4 is 10.6 Å². The monoisotopic (exact) mass is 520 g/mol. The van der Waals surface area contributed by atoms with Crippen LogP contribution in [0.3, 0.4) is 0 Å². The van der Waals surface area contributed by atoms with Crippen LogP contribution in [-0.2, 0) is 6.42 Å². The highest BCUT2D eigenvalue weighted by Gasteiger charge is 2.34. The van der Waals surface area contributed by atoms with Crippen molar-refractivity contribution in [3.05, 3.63) is 95.1 Å². The molecule has 2 heterocycles. The number of hydrogen-bond acceptors (Lipinski definition) is 4. The van der Waals surface area contributed by atoms with Crippen LogP contribution in [0.5, 0.6) is 0 Å². The number of anilines is 1. The van der Waals surface area contributed by atoms with Crippen molar-refractivity contribution < 1.29 is 22.8 Å². The van der Waals surface area contributed by atoms with E-state index in [1.54, 1.807) is 35.5 Å². The number of benzene rings is 2. The Balaban J connectivity index is 1.47. The molecule has 2 amide bonds. The molecule has 2 aromatic carbocycles. The minimum Gasteiger partial charge on any atom is -0.338 e. The lowest BCUT2D eigenvalue weighted by Crippen LogP contribution is -2.41. The maximum absolute atomic E-state index is 13.5. The third-order valence-electron chi connectivity index (χ3n) is 6.14. The Morgan fingerprint density at radius 1 is 1.03 bits per heavy atom. The first-order chi connectivity index (χ1) is 18.3. The van der Waals surface area contributed by atoms with E-state index in [0.717, 1.165) is 5.56 Å². The van der Waals surface area contributed by atoms with Gasteiger partial charge in [-0.3, -0.25) is 14.7 Å². The number of rotatable bonds is 7. The molecule has 3 aromatic rings. The minimum atomic E-state index is -2.70. The van der Waals surface area contributed by atoms with Crippen LogP contribution in [0.25, 0.3) is 0 Å². The quantitative estimate of drug-likeness (QED) is 0.343. The fourth-order valence-electron chi connectivity index (χ4n) is 4.01. The Morgan fingerprint density at radius 3 is 2.50 bits per heavy atom. The van der Waals surface area contributed by atoms with E-state index in [2.05, 4.69) is 27.5 Å². The number of nitrogens with one attached hydrogen (secondary N) is 2. The number of hydrogen-bond donors (Lipinski definition) is 2. The molecule has 0 spiro atoms. The number of nitrogens with zero attached hydrogens (tertiary/aromatic N) is 2. The zero-order valence-electron chi connectivity index (χ0n) is 20.6. The van der Waals surface area contributed by atoms with E-state index in [9.17, 15) is 22.8 Å². The average molecular weight is 521 g/mol. The van der Waals surface area contributed by atoms with Crippen molar-refractivity contribution in [2.75, 3.05) is 31.5 Å². The van der Waals surface area contributed by atoms with E-state index in [1.165, 1.54) is 24.3 Å². The largest absolute Gasteiger partial charge is 0.338 e. The van der Waals surface area contributed by atoms with Gasteiger partial charge in [0.1, 0.15) is 5.82 Å². The first-order valence-corrected chi connectivity index (χ1v) is 12.3. The predicted molar refractivity (Wildman–Crippen MR) is 139 cm³/mol. The molecule has 1 aliphatic rings. The van der Waals surface area contributed by atoms with E-state index in [0.29, 0.717) is 35.3 Å². The number of amides is 2. The van der Waals surface area contributed by atoms with Gasteiger partial charge >= 0.3 is 6.03 Å². The molecule has 1 aliphatic heterocycles. The van der Waals surface area contributed by atoms with Crippen LogP contribution in [0.4, 0.5) is 23.7 Å². The molecule has 0 aliphatic carbocycles. The summed E-state index contributed by atoms with van der Waals surface area (Å²) < 4.78 is 40.3. The topological polar surface area (TPSA) is 74.3 Å². The standard InChI is InChI=1S/C29H27F3N4O2/c30-24-7-4-21(5-8-24)3-6-23-18-25(35-28(38)34-15-11-22-2-1-14-33-19-22)9-10-26(23)27(37)20-36-16-12-29(31,32)13-17-36/h1-2,4-5,7-10,14,18-19H,11-13,15-17,20H2,(H2,34,35,38). The van der Waals surface area contributed by atoms with Crippen molar-refractivity contribution in [3.8, 4) is 11.8 Å². The lowest BCUT2D eigenvalue weighted by atomic mass is 10.0. The van der Waals surface area contributed by atoms with Gasteiger partial charge in [0, 0.05) is 67.2 Å². The fraction of sp³-hybridized carbons (Fsp3) is 0.276. The molecule has 0 atom stereocenters. The zero-order chi connectivity index (χ0) is 27.0. The summed E-state index contributed by atoms with van der Waals surface area (Å²) in [5.41, 5.74) is 2.66. The first kappa shape index (κ1) is 26.9. The molecule has 6 nitrogen and oxygen atoms in total. The fourth-order valence-corrected chi connectivity index (χ4v) is 4.01. The van der Waals surface area contributed by atoms with Gasteiger partial charge in [0.25, 0.3) is 5.92 Å². The first-order valence-electron chi connectivity index (χ1n) is 12.3.